The van der Waals surface area contributed by atoms with Crippen LogP contribution in [-0.2, 0) is 20.8 Å². The molecule has 2 aromatic heterocycles. The molecule has 8 heteroatoms. The molecule has 25 heavy (non-hydrogen) atoms. The van der Waals surface area contributed by atoms with Crippen molar-refractivity contribution in [2.75, 3.05) is 13.7 Å². The first-order valence-electron chi connectivity index (χ1n) is 7.70. The Morgan fingerprint density at radius 2 is 1.92 bits per heavy atom. The van der Waals surface area contributed by atoms with Gasteiger partial charge in [0.2, 0.25) is 11.5 Å². The maximum Gasteiger partial charge on any atom is 0.377 e. The summed E-state index contributed by atoms with van der Waals surface area (Å²) in [6, 6.07) is 3.15. The van der Waals surface area contributed by atoms with Gasteiger partial charge in [-0.1, -0.05) is 5.16 Å². The van der Waals surface area contributed by atoms with Gasteiger partial charge in [-0.2, -0.15) is 0 Å². The molecule has 0 bridgehead atoms. The van der Waals surface area contributed by atoms with E-state index in [-0.39, 0.29) is 23.9 Å². The number of nitrogens with zero attached hydrogens (tertiary/aromatic N) is 2. The predicted octanol–water partition coefficient (Wildman–Crippen LogP) is 2.00. The standard InChI is InChI=1S/C17H20N2O6/c1-10-7-15(25-18-10)17(22)24-9-14(20)13-8-11(2)19(12(13)3)6-5-16(21)23-4/h7-8H,5-6,9H2,1-4H3. The van der Waals surface area contributed by atoms with Gasteiger partial charge in [0.15, 0.2) is 6.61 Å². The number of ether oxygens (including phenoxy) is 2. The van der Waals surface area contributed by atoms with Crippen LogP contribution < -0.4 is 0 Å². The Kier molecular flexibility index (Phi) is 5.74. The maximum absolute atomic E-state index is 12.3. The van der Waals surface area contributed by atoms with Crippen molar-refractivity contribution >= 4 is 17.7 Å². The van der Waals surface area contributed by atoms with Crippen LogP contribution in [0.25, 0.3) is 0 Å². The first-order valence-corrected chi connectivity index (χ1v) is 7.70. The Balaban J connectivity index is 2.02. The summed E-state index contributed by atoms with van der Waals surface area (Å²) < 4.78 is 16.2. The zero-order chi connectivity index (χ0) is 18.6. The lowest BCUT2D eigenvalue weighted by molar-refractivity contribution is -0.140. The summed E-state index contributed by atoms with van der Waals surface area (Å²) in [4.78, 5) is 35.4. The maximum atomic E-state index is 12.3. The van der Waals surface area contributed by atoms with E-state index in [4.69, 9.17) is 9.26 Å². The van der Waals surface area contributed by atoms with E-state index in [1.54, 1.807) is 19.9 Å². The zero-order valence-electron chi connectivity index (χ0n) is 14.6. The summed E-state index contributed by atoms with van der Waals surface area (Å²) in [6.07, 6.45) is 0.209. The molecular formula is C17H20N2O6. The van der Waals surface area contributed by atoms with Crippen molar-refractivity contribution in [3.8, 4) is 0 Å². The van der Waals surface area contributed by atoms with E-state index in [1.807, 2.05) is 11.5 Å². The quantitative estimate of drug-likeness (QED) is 0.557. The predicted molar refractivity (Wildman–Crippen MR) is 86.4 cm³/mol. The largest absolute Gasteiger partial charge is 0.469 e. The SMILES string of the molecule is COC(=O)CCn1c(C)cc(C(=O)COC(=O)c2cc(C)no2)c1C. The lowest BCUT2D eigenvalue weighted by Crippen LogP contribution is -2.15. The third kappa shape index (κ3) is 4.34. The van der Waals surface area contributed by atoms with E-state index in [2.05, 4.69) is 9.89 Å². The minimum atomic E-state index is -0.742. The first-order chi connectivity index (χ1) is 11.8. The highest BCUT2D eigenvalue weighted by Gasteiger charge is 2.20. The van der Waals surface area contributed by atoms with Crippen molar-refractivity contribution in [3.05, 3.63) is 40.5 Å². The number of aryl methyl sites for hydroxylation is 2. The lowest BCUT2D eigenvalue weighted by Gasteiger charge is -2.09. The number of rotatable bonds is 7. The molecule has 0 saturated heterocycles. The first kappa shape index (κ1) is 18.4. The number of methoxy groups -OCH3 is 1. The van der Waals surface area contributed by atoms with Crippen molar-refractivity contribution in [1.82, 2.24) is 9.72 Å². The molecule has 2 aromatic rings. The van der Waals surface area contributed by atoms with Crippen molar-refractivity contribution in [2.45, 2.75) is 33.7 Å². The van der Waals surface area contributed by atoms with Crippen LogP contribution in [0.2, 0.25) is 0 Å². The number of carbonyl (C=O) groups excluding carboxylic acids is 3. The Hall–Kier alpha value is -2.90. The van der Waals surface area contributed by atoms with Gasteiger partial charge in [-0.05, 0) is 26.8 Å². The summed E-state index contributed by atoms with van der Waals surface area (Å²) in [7, 11) is 1.33. The van der Waals surface area contributed by atoms with Crippen LogP contribution in [-0.4, -0.2) is 41.2 Å². The number of hydrogen-bond acceptors (Lipinski definition) is 7. The van der Waals surface area contributed by atoms with Crippen molar-refractivity contribution in [1.29, 1.82) is 0 Å². The third-order valence-corrected chi connectivity index (χ3v) is 3.80. The minimum absolute atomic E-state index is 0.0474. The van der Waals surface area contributed by atoms with E-state index in [0.717, 1.165) is 5.69 Å². The molecule has 0 spiro atoms. The number of carbonyl (C=O) groups is 3. The fourth-order valence-electron chi connectivity index (χ4n) is 2.47. The Morgan fingerprint density at radius 3 is 2.52 bits per heavy atom. The second-order valence-corrected chi connectivity index (χ2v) is 5.59. The highest BCUT2D eigenvalue weighted by atomic mass is 16.6. The average molecular weight is 348 g/mol. The highest BCUT2D eigenvalue weighted by Crippen LogP contribution is 2.17. The molecule has 0 fully saturated rings. The Bertz CT molecular complexity index is 802. The molecule has 0 radical (unpaired) electrons. The van der Waals surface area contributed by atoms with Gasteiger partial charge >= 0.3 is 11.9 Å². The Morgan fingerprint density at radius 1 is 1.20 bits per heavy atom. The summed E-state index contributed by atoms with van der Waals surface area (Å²) in [5.74, 6) is -1.44. The van der Waals surface area contributed by atoms with Gasteiger partial charge in [0.05, 0.1) is 19.2 Å². The van der Waals surface area contributed by atoms with Gasteiger partial charge < -0.3 is 18.6 Å². The van der Waals surface area contributed by atoms with Crippen molar-refractivity contribution < 1.29 is 28.4 Å². The molecule has 0 aromatic carbocycles. The van der Waals surface area contributed by atoms with E-state index < -0.39 is 12.6 Å². The fraction of sp³-hybridized carbons (Fsp3) is 0.412. The summed E-state index contributed by atoms with van der Waals surface area (Å²) in [5, 5.41) is 3.59. The molecule has 0 unspecified atom stereocenters. The molecule has 0 atom stereocenters. The number of esters is 2. The molecule has 0 N–H and O–H groups in total. The third-order valence-electron chi connectivity index (χ3n) is 3.80. The molecule has 0 aliphatic rings. The van der Waals surface area contributed by atoms with Crippen LogP contribution in [0.1, 0.15) is 44.4 Å². The Labute approximate surface area is 144 Å². The van der Waals surface area contributed by atoms with Crippen LogP contribution in [0.3, 0.4) is 0 Å². The molecule has 0 aliphatic carbocycles. The molecule has 0 aliphatic heterocycles. The molecule has 134 valence electrons. The molecule has 8 nitrogen and oxygen atoms in total. The zero-order valence-corrected chi connectivity index (χ0v) is 14.6. The molecular weight excluding hydrogens is 328 g/mol. The van der Waals surface area contributed by atoms with Crippen molar-refractivity contribution in [2.24, 2.45) is 0 Å². The van der Waals surface area contributed by atoms with Gasteiger partial charge in [-0.25, -0.2) is 4.79 Å². The second-order valence-electron chi connectivity index (χ2n) is 5.59. The number of hydrogen-bond donors (Lipinski definition) is 0. The minimum Gasteiger partial charge on any atom is -0.469 e. The smallest absolute Gasteiger partial charge is 0.377 e. The van der Waals surface area contributed by atoms with Crippen molar-refractivity contribution in [3.63, 3.8) is 0 Å². The fourth-order valence-corrected chi connectivity index (χ4v) is 2.47. The van der Waals surface area contributed by atoms with E-state index in [9.17, 15) is 14.4 Å². The van der Waals surface area contributed by atoms with Gasteiger partial charge in [0.1, 0.15) is 0 Å². The van der Waals surface area contributed by atoms with Crippen LogP contribution in [0.4, 0.5) is 0 Å². The molecule has 2 rings (SSSR count). The molecule has 2 heterocycles. The van der Waals surface area contributed by atoms with Crippen LogP contribution in [0.5, 0.6) is 0 Å². The number of aromatic nitrogens is 2. The van der Waals surface area contributed by atoms with E-state index >= 15 is 0 Å². The van der Waals surface area contributed by atoms with Crippen LogP contribution in [0, 0.1) is 20.8 Å². The normalized spacial score (nSPS) is 10.6. The topological polar surface area (TPSA) is 101 Å². The summed E-state index contributed by atoms with van der Waals surface area (Å²) in [5.41, 5.74) is 2.54. The highest BCUT2D eigenvalue weighted by molar-refractivity contribution is 6.00. The number of ketones is 1. The monoisotopic (exact) mass is 348 g/mol. The molecule has 0 amide bonds. The number of Topliss-reactive ketones (excluding diaryl/α,β-unsaturated/α-hetero) is 1. The average Bonchev–Trinajstić information content (AvgIpc) is 3.14. The lowest BCUT2D eigenvalue weighted by atomic mass is 10.1. The van der Waals surface area contributed by atoms with Gasteiger partial charge in [-0.15, -0.1) is 0 Å². The van der Waals surface area contributed by atoms with Gasteiger partial charge in [-0.3, -0.25) is 9.59 Å². The van der Waals surface area contributed by atoms with Gasteiger partial charge in [0.25, 0.3) is 0 Å². The second kappa shape index (κ2) is 7.78. The van der Waals surface area contributed by atoms with E-state index in [0.29, 0.717) is 23.5 Å². The summed E-state index contributed by atoms with van der Waals surface area (Å²) in [6.45, 7) is 5.30. The van der Waals surface area contributed by atoms with E-state index in [1.165, 1.54) is 13.2 Å². The summed E-state index contributed by atoms with van der Waals surface area (Å²) >= 11 is 0. The van der Waals surface area contributed by atoms with Crippen LogP contribution in [0.15, 0.2) is 16.7 Å². The molecule has 0 saturated carbocycles. The van der Waals surface area contributed by atoms with Gasteiger partial charge in [0, 0.05) is 29.6 Å². The van der Waals surface area contributed by atoms with Crippen LogP contribution >= 0.6 is 0 Å².